The maximum atomic E-state index is 13.3. The van der Waals surface area contributed by atoms with Gasteiger partial charge in [0.05, 0.1) is 0 Å². The van der Waals surface area contributed by atoms with E-state index in [-0.39, 0.29) is 17.1 Å². The number of hydrogen-bond acceptors (Lipinski definition) is 1. The lowest BCUT2D eigenvalue weighted by Crippen LogP contribution is -2.41. The lowest BCUT2D eigenvalue weighted by Gasteiger charge is -2.31. The van der Waals surface area contributed by atoms with Crippen LogP contribution in [0.3, 0.4) is 0 Å². The van der Waals surface area contributed by atoms with E-state index in [1.165, 1.54) is 17.7 Å². The van der Waals surface area contributed by atoms with Gasteiger partial charge in [-0.05, 0) is 30.2 Å². The van der Waals surface area contributed by atoms with E-state index in [0.29, 0.717) is 6.54 Å². The van der Waals surface area contributed by atoms with Crippen molar-refractivity contribution in [1.29, 1.82) is 0 Å². The summed E-state index contributed by atoms with van der Waals surface area (Å²) in [4.78, 5) is 17.3. The van der Waals surface area contributed by atoms with Crippen molar-refractivity contribution >= 4 is 22.4 Å². The van der Waals surface area contributed by atoms with Crippen LogP contribution in [0, 0.1) is 11.2 Å². The Labute approximate surface area is 129 Å². The summed E-state index contributed by atoms with van der Waals surface area (Å²) >= 11 is 0. The normalized spacial score (nSPS) is 16.0. The van der Waals surface area contributed by atoms with Crippen molar-refractivity contribution in [2.75, 3.05) is 13.1 Å². The number of carbonyl (C=O) groups excluding carboxylic acids is 1. The Bertz CT molecular complexity index is 752. The summed E-state index contributed by atoms with van der Waals surface area (Å²) in [6, 6.07) is 4.81. The van der Waals surface area contributed by atoms with Gasteiger partial charge in [-0.15, -0.1) is 0 Å². The number of rotatable bonds is 1. The van der Waals surface area contributed by atoms with Gasteiger partial charge in [0.1, 0.15) is 5.82 Å². The molecule has 116 valence electrons. The van der Waals surface area contributed by atoms with Gasteiger partial charge in [-0.2, -0.15) is 0 Å². The predicted molar refractivity (Wildman–Crippen MR) is 86.9 cm³/mol. The zero-order chi connectivity index (χ0) is 15.9. The van der Waals surface area contributed by atoms with Crippen molar-refractivity contribution < 1.29 is 9.18 Å². The first-order chi connectivity index (χ1) is 10.4. The Morgan fingerprint density at radius 3 is 2.73 bits per heavy atom. The highest BCUT2D eigenvalue weighted by Gasteiger charge is 2.28. The lowest BCUT2D eigenvalue weighted by atomic mass is 9.92. The maximum absolute atomic E-state index is 13.3. The van der Waals surface area contributed by atoms with Crippen LogP contribution in [-0.4, -0.2) is 28.9 Å². The van der Waals surface area contributed by atoms with Crippen LogP contribution in [0.25, 0.3) is 16.5 Å². The van der Waals surface area contributed by atoms with Gasteiger partial charge in [-0.3, -0.25) is 4.79 Å². The van der Waals surface area contributed by atoms with Crippen molar-refractivity contribution in [3.8, 4) is 0 Å². The highest BCUT2D eigenvalue weighted by atomic mass is 19.1. The first-order valence-corrected chi connectivity index (χ1v) is 7.62. The number of nitrogens with zero attached hydrogens (tertiary/aromatic N) is 1. The molecular weight excluding hydrogens is 279 g/mol. The molecule has 1 aromatic heterocycles. The smallest absolute Gasteiger partial charge is 0.228 e. The number of amides is 1. The fourth-order valence-corrected chi connectivity index (χ4v) is 2.94. The van der Waals surface area contributed by atoms with Crippen LogP contribution in [0.2, 0.25) is 0 Å². The van der Waals surface area contributed by atoms with E-state index in [0.717, 1.165) is 29.4 Å². The fourth-order valence-electron chi connectivity index (χ4n) is 2.94. The van der Waals surface area contributed by atoms with E-state index in [9.17, 15) is 9.18 Å². The van der Waals surface area contributed by atoms with Crippen LogP contribution >= 0.6 is 0 Å². The molecule has 0 atom stereocenters. The van der Waals surface area contributed by atoms with Crippen molar-refractivity contribution in [2.45, 2.75) is 27.2 Å². The summed E-state index contributed by atoms with van der Waals surface area (Å²) in [5, 5.41) is 1.03. The molecule has 1 amide bonds. The number of aromatic amines is 1. The monoisotopic (exact) mass is 300 g/mol. The van der Waals surface area contributed by atoms with E-state index in [2.05, 4.69) is 11.1 Å². The van der Waals surface area contributed by atoms with E-state index in [1.807, 2.05) is 37.9 Å². The second kappa shape index (κ2) is 5.27. The van der Waals surface area contributed by atoms with Crippen molar-refractivity contribution in [2.24, 2.45) is 5.41 Å². The number of hydrogen-bond donors (Lipinski definition) is 1. The molecule has 0 radical (unpaired) electrons. The average Bonchev–Trinajstić information content (AvgIpc) is 2.88. The molecule has 1 aliphatic rings. The molecule has 0 unspecified atom stereocenters. The quantitative estimate of drug-likeness (QED) is 0.850. The van der Waals surface area contributed by atoms with Crippen LogP contribution in [0.5, 0.6) is 0 Å². The first kappa shape index (κ1) is 14.8. The van der Waals surface area contributed by atoms with E-state index < -0.39 is 0 Å². The third-order valence-electron chi connectivity index (χ3n) is 4.13. The lowest BCUT2D eigenvalue weighted by molar-refractivity contribution is -0.138. The SMILES string of the molecule is CC(C)(C)C(=O)N1CC=C(c2c[nH]c3cc(F)ccc23)CC1. The summed E-state index contributed by atoms with van der Waals surface area (Å²) in [6.07, 6.45) is 4.86. The van der Waals surface area contributed by atoms with Gasteiger partial charge >= 0.3 is 0 Å². The summed E-state index contributed by atoms with van der Waals surface area (Å²) in [5.41, 5.74) is 2.79. The molecule has 2 heterocycles. The minimum absolute atomic E-state index is 0.184. The minimum atomic E-state index is -0.344. The molecule has 1 aliphatic heterocycles. The molecule has 3 rings (SSSR count). The Kier molecular flexibility index (Phi) is 3.55. The molecule has 0 saturated carbocycles. The Morgan fingerprint density at radius 1 is 1.32 bits per heavy atom. The number of fused-ring (bicyclic) bond motifs is 1. The molecule has 3 nitrogen and oxygen atoms in total. The van der Waals surface area contributed by atoms with Gasteiger partial charge < -0.3 is 9.88 Å². The van der Waals surface area contributed by atoms with Gasteiger partial charge in [-0.25, -0.2) is 4.39 Å². The van der Waals surface area contributed by atoms with Gasteiger partial charge in [0.15, 0.2) is 0 Å². The molecule has 0 saturated heterocycles. The van der Waals surface area contributed by atoms with Gasteiger partial charge in [0, 0.05) is 41.2 Å². The number of carbonyl (C=O) groups is 1. The van der Waals surface area contributed by atoms with E-state index in [4.69, 9.17) is 0 Å². The Hall–Kier alpha value is -2.10. The number of benzene rings is 1. The molecule has 2 aromatic rings. The third kappa shape index (κ3) is 2.65. The van der Waals surface area contributed by atoms with Crippen LogP contribution < -0.4 is 0 Å². The molecule has 0 spiro atoms. The van der Waals surface area contributed by atoms with Crippen LogP contribution in [0.1, 0.15) is 32.8 Å². The molecular formula is C18H21FN2O. The Morgan fingerprint density at radius 2 is 2.09 bits per heavy atom. The van der Waals surface area contributed by atoms with Gasteiger partial charge in [-0.1, -0.05) is 26.8 Å². The van der Waals surface area contributed by atoms with Crippen molar-refractivity contribution in [1.82, 2.24) is 9.88 Å². The van der Waals surface area contributed by atoms with Crippen LogP contribution in [0.4, 0.5) is 4.39 Å². The molecule has 1 N–H and O–H groups in total. The highest BCUT2D eigenvalue weighted by Crippen LogP contribution is 2.30. The fraction of sp³-hybridized carbons (Fsp3) is 0.389. The van der Waals surface area contributed by atoms with E-state index in [1.54, 1.807) is 0 Å². The van der Waals surface area contributed by atoms with Crippen LogP contribution in [-0.2, 0) is 4.79 Å². The summed E-state index contributed by atoms with van der Waals surface area (Å²) in [6.45, 7) is 7.21. The Balaban J connectivity index is 1.85. The van der Waals surface area contributed by atoms with Crippen molar-refractivity contribution in [3.63, 3.8) is 0 Å². The minimum Gasteiger partial charge on any atom is -0.360 e. The maximum Gasteiger partial charge on any atom is 0.228 e. The topological polar surface area (TPSA) is 36.1 Å². The van der Waals surface area contributed by atoms with E-state index >= 15 is 0 Å². The van der Waals surface area contributed by atoms with Gasteiger partial charge in [0.2, 0.25) is 5.91 Å². The highest BCUT2D eigenvalue weighted by molar-refractivity contribution is 5.93. The molecule has 0 fully saturated rings. The average molecular weight is 300 g/mol. The predicted octanol–water partition coefficient (Wildman–Crippen LogP) is 3.97. The first-order valence-electron chi connectivity index (χ1n) is 7.62. The zero-order valence-corrected chi connectivity index (χ0v) is 13.2. The largest absolute Gasteiger partial charge is 0.360 e. The van der Waals surface area contributed by atoms with Gasteiger partial charge in [0.25, 0.3) is 0 Å². The van der Waals surface area contributed by atoms with Crippen molar-refractivity contribution in [3.05, 3.63) is 41.9 Å². The van der Waals surface area contributed by atoms with Crippen LogP contribution in [0.15, 0.2) is 30.5 Å². The molecule has 0 aliphatic carbocycles. The number of halogens is 1. The standard InChI is InChI=1S/C18H21FN2O/c1-18(2,3)17(22)21-8-6-12(7-9-21)15-11-20-16-10-13(19)4-5-14(15)16/h4-6,10-11,20H,7-9H2,1-3H3. The molecule has 4 heteroatoms. The number of aromatic nitrogens is 1. The summed E-state index contributed by atoms with van der Waals surface area (Å²) in [7, 11) is 0. The number of nitrogens with one attached hydrogen (secondary N) is 1. The third-order valence-corrected chi connectivity index (χ3v) is 4.13. The molecule has 22 heavy (non-hydrogen) atoms. The second-order valence-electron chi connectivity index (χ2n) is 6.87. The summed E-state index contributed by atoms with van der Waals surface area (Å²) < 4.78 is 13.3. The second-order valence-corrected chi connectivity index (χ2v) is 6.87. The number of H-pyrrole nitrogens is 1. The molecule has 0 bridgehead atoms. The molecule has 1 aromatic carbocycles. The summed E-state index contributed by atoms with van der Waals surface area (Å²) in [5.74, 6) is -0.0516. The zero-order valence-electron chi connectivity index (χ0n) is 13.2.